The van der Waals surface area contributed by atoms with E-state index in [0.29, 0.717) is 16.8 Å². The summed E-state index contributed by atoms with van der Waals surface area (Å²) in [4.78, 5) is 50.2. The van der Waals surface area contributed by atoms with E-state index in [9.17, 15) is 19.2 Å². The highest BCUT2D eigenvalue weighted by Gasteiger charge is 2.28. The number of methoxy groups -OCH3 is 2. The molecule has 0 fully saturated rings. The molecule has 0 saturated heterocycles. The van der Waals surface area contributed by atoms with Crippen molar-refractivity contribution in [1.82, 2.24) is 4.98 Å². The minimum Gasteiger partial charge on any atom is -0.469 e. The van der Waals surface area contributed by atoms with Crippen LogP contribution in [-0.2, 0) is 47.9 Å². The van der Waals surface area contributed by atoms with Crippen molar-refractivity contribution in [3.8, 4) is 0 Å². The van der Waals surface area contributed by atoms with Gasteiger partial charge in [0.2, 0.25) is 5.91 Å². The maximum absolute atomic E-state index is 12.6. The minimum absolute atomic E-state index is 0.0195. The molecule has 9 heteroatoms. The number of nitrogens with two attached hydrogens (primary N) is 1. The summed E-state index contributed by atoms with van der Waals surface area (Å²) in [6.45, 7) is 5.13. The molecule has 1 heterocycles. The molecule has 9 nitrogen and oxygen atoms in total. The Balaban J connectivity index is 3.43. The van der Waals surface area contributed by atoms with Crippen LogP contribution < -0.4 is 5.73 Å². The molecule has 1 rings (SSSR count). The summed E-state index contributed by atoms with van der Waals surface area (Å²) in [5.41, 5.74) is 5.70. The number of hydrogen-bond donors (Lipinski definition) is 2. The Labute approximate surface area is 157 Å². The van der Waals surface area contributed by atoms with Gasteiger partial charge in [-0.3, -0.25) is 14.4 Å². The number of ether oxygens (including phenoxy) is 3. The SMILES string of the molecule is COC(=O)CCc1c(C(=O)OC(C)(C)C)[nH]c(CC(N)=O)c1CC(=O)OC. The van der Waals surface area contributed by atoms with Crippen LogP contribution in [-0.4, -0.2) is 48.6 Å². The van der Waals surface area contributed by atoms with E-state index in [0.717, 1.165) is 0 Å². The second kappa shape index (κ2) is 9.20. The first-order valence-electron chi connectivity index (χ1n) is 8.36. The molecule has 0 bridgehead atoms. The quantitative estimate of drug-likeness (QED) is 0.501. The molecule has 27 heavy (non-hydrogen) atoms. The molecule has 0 radical (unpaired) electrons. The van der Waals surface area contributed by atoms with Crippen molar-refractivity contribution in [3.05, 3.63) is 22.5 Å². The lowest BCUT2D eigenvalue weighted by Crippen LogP contribution is -2.25. The van der Waals surface area contributed by atoms with Crippen LogP contribution in [0, 0.1) is 0 Å². The molecule has 1 amide bonds. The molecule has 3 N–H and O–H groups in total. The first kappa shape index (κ1) is 22.2. The second-order valence-electron chi connectivity index (χ2n) is 6.91. The van der Waals surface area contributed by atoms with Gasteiger partial charge < -0.3 is 24.9 Å². The smallest absolute Gasteiger partial charge is 0.355 e. The molecule has 150 valence electrons. The molecular formula is C18H26N2O7. The first-order valence-corrected chi connectivity index (χ1v) is 8.36. The number of H-pyrrole nitrogens is 1. The molecule has 0 atom stereocenters. The molecule has 0 aliphatic rings. The zero-order valence-electron chi connectivity index (χ0n) is 16.3. The van der Waals surface area contributed by atoms with E-state index in [4.69, 9.17) is 10.5 Å². The van der Waals surface area contributed by atoms with Gasteiger partial charge >= 0.3 is 17.9 Å². The monoisotopic (exact) mass is 382 g/mol. The third kappa shape index (κ3) is 6.76. The van der Waals surface area contributed by atoms with Gasteiger partial charge in [-0.1, -0.05) is 0 Å². The zero-order valence-corrected chi connectivity index (χ0v) is 16.3. The Morgan fingerprint density at radius 2 is 1.56 bits per heavy atom. The number of hydrogen-bond acceptors (Lipinski definition) is 7. The van der Waals surface area contributed by atoms with Crippen LogP contribution in [0.3, 0.4) is 0 Å². The average Bonchev–Trinajstić information content (AvgIpc) is 2.87. The third-order valence-electron chi connectivity index (χ3n) is 3.62. The summed E-state index contributed by atoms with van der Waals surface area (Å²) in [6, 6.07) is 0. The van der Waals surface area contributed by atoms with E-state index >= 15 is 0 Å². The molecule has 0 aliphatic carbocycles. The van der Waals surface area contributed by atoms with Crippen molar-refractivity contribution in [1.29, 1.82) is 0 Å². The normalized spacial score (nSPS) is 11.0. The number of aromatic nitrogens is 1. The van der Waals surface area contributed by atoms with Gasteiger partial charge in [0.25, 0.3) is 0 Å². The number of esters is 3. The van der Waals surface area contributed by atoms with Crippen molar-refractivity contribution in [2.24, 2.45) is 5.73 Å². The van der Waals surface area contributed by atoms with Crippen LogP contribution in [0.2, 0.25) is 0 Å². The van der Waals surface area contributed by atoms with Crippen molar-refractivity contribution >= 4 is 23.8 Å². The lowest BCUT2D eigenvalue weighted by atomic mass is 9.99. The molecule has 0 aromatic carbocycles. The lowest BCUT2D eigenvalue weighted by Gasteiger charge is -2.19. The number of aromatic amines is 1. The maximum Gasteiger partial charge on any atom is 0.355 e. The maximum atomic E-state index is 12.6. The highest BCUT2D eigenvalue weighted by molar-refractivity contribution is 5.92. The Morgan fingerprint density at radius 3 is 2.04 bits per heavy atom. The number of carbonyl (C=O) groups excluding carboxylic acids is 4. The van der Waals surface area contributed by atoms with E-state index in [1.165, 1.54) is 14.2 Å². The molecule has 1 aromatic rings. The summed E-state index contributed by atoms with van der Waals surface area (Å²) >= 11 is 0. The predicted molar refractivity (Wildman–Crippen MR) is 94.9 cm³/mol. The van der Waals surface area contributed by atoms with Crippen molar-refractivity contribution in [3.63, 3.8) is 0 Å². The molecule has 1 aromatic heterocycles. The van der Waals surface area contributed by atoms with Crippen LogP contribution in [0.1, 0.15) is 54.5 Å². The standard InChI is InChI=1S/C18H26N2O7/c1-18(2,3)27-17(24)16-10(6-7-14(22)25-4)11(8-15(23)26-5)12(20-16)9-13(19)21/h20H,6-9H2,1-5H3,(H2,19,21). The van der Waals surface area contributed by atoms with Crippen LogP contribution >= 0.6 is 0 Å². The Kier molecular flexibility index (Phi) is 7.56. The Bertz CT molecular complexity index is 729. The number of carbonyl (C=O) groups is 4. The summed E-state index contributed by atoms with van der Waals surface area (Å²) in [5, 5.41) is 0. The van der Waals surface area contributed by atoms with Crippen LogP contribution in [0.15, 0.2) is 0 Å². The Hall–Kier alpha value is -2.84. The molecule has 0 saturated carbocycles. The summed E-state index contributed by atoms with van der Waals surface area (Å²) < 4.78 is 14.7. The first-order chi connectivity index (χ1) is 12.5. The van der Waals surface area contributed by atoms with Crippen LogP contribution in [0.5, 0.6) is 0 Å². The molecular weight excluding hydrogens is 356 g/mol. The van der Waals surface area contributed by atoms with E-state index < -0.39 is 29.4 Å². The Morgan fingerprint density at radius 1 is 0.963 bits per heavy atom. The fourth-order valence-electron chi connectivity index (χ4n) is 2.50. The minimum atomic E-state index is -0.756. The van der Waals surface area contributed by atoms with Gasteiger partial charge in [-0.2, -0.15) is 0 Å². The van der Waals surface area contributed by atoms with Crippen molar-refractivity contribution in [2.75, 3.05) is 14.2 Å². The second-order valence-corrected chi connectivity index (χ2v) is 6.91. The van der Waals surface area contributed by atoms with Gasteiger partial charge in [-0.05, 0) is 38.3 Å². The summed E-state index contributed by atoms with van der Waals surface area (Å²) in [6.07, 6.45) is -0.299. The molecule has 0 spiro atoms. The topological polar surface area (TPSA) is 138 Å². The van der Waals surface area contributed by atoms with E-state index in [1.54, 1.807) is 20.8 Å². The number of amides is 1. The number of primary amides is 1. The van der Waals surface area contributed by atoms with E-state index in [-0.39, 0.29) is 31.4 Å². The molecule has 0 aliphatic heterocycles. The van der Waals surface area contributed by atoms with Crippen molar-refractivity contribution in [2.45, 2.75) is 52.1 Å². The highest BCUT2D eigenvalue weighted by Crippen LogP contribution is 2.25. The van der Waals surface area contributed by atoms with Gasteiger partial charge in [0.1, 0.15) is 11.3 Å². The van der Waals surface area contributed by atoms with Crippen LogP contribution in [0.25, 0.3) is 0 Å². The average molecular weight is 382 g/mol. The predicted octanol–water partition coefficient (Wildman–Crippen LogP) is 0.819. The van der Waals surface area contributed by atoms with Gasteiger partial charge in [0.05, 0.1) is 27.1 Å². The largest absolute Gasteiger partial charge is 0.469 e. The van der Waals surface area contributed by atoms with E-state index in [1.807, 2.05) is 0 Å². The van der Waals surface area contributed by atoms with Gasteiger partial charge in [0.15, 0.2) is 0 Å². The lowest BCUT2D eigenvalue weighted by molar-refractivity contribution is -0.141. The van der Waals surface area contributed by atoms with E-state index in [2.05, 4.69) is 14.5 Å². The van der Waals surface area contributed by atoms with Gasteiger partial charge in [0, 0.05) is 12.1 Å². The van der Waals surface area contributed by atoms with Gasteiger partial charge in [-0.15, -0.1) is 0 Å². The number of nitrogens with one attached hydrogen (secondary N) is 1. The third-order valence-corrected chi connectivity index (χ3v) is 3.62. The van der Waals surface area contributed by atoms with Crippen LogP contribution in [0.4, 0.5) is 0 Å². The number of rotatable bonds is 8. The highest BCUT2D eigenvalue weighted by atomic mass is 16.6. The van der Waals surface area contributed by atoms with Gasteiger partial charge in [-0.25, -0.2) is 4.79 Å². The molecule has 0 unspecified atom stereocenters. The fraction of sp³-hybridized carbons (Fsp3) is 0.556. The fourth-order valence-corrected chi connectivity index (χ4v) is 2.50. The summed E-state index contributed by atoms with van der Waals surface area (Å²) in [7, 11) is 2.48. The zero-order chi connectivity index (χ0) is 20.8. The summed E-state index contributed by atoms with van der Waals surface area (Å²) in [5.74, 6) is -2.34. The van der Waals surface area contributed by atoms with Crippen molar-refractivity contribution < 1.29 is 33.4 Å².